The molecule has 0 aliphatic carbocycles. The predicted molar refractivity (Wildman–Crippen MR) is 104 cm³/mol. The standard InChI is InChI=1S/C7H5NS2.C5H11NOS.CH3NOS.Na.H/c9-7-8-5-3-1-2-4-6(5)10-7;1-3-6(4-2)5(7)8;2-1(3)4;;/h1-4H,(H,8,9);3-4H2,1-2H3,(H,7,8);(H3,2,3,4);;/q;;;+1;-1. The fraction of sp³-hybridized carbons (Fsp3) is 0.308. The normalized spacial score (nSPS) is 8.70. The van der Waals surface area contributed by atoms with Crippen LogP contribution >= 0.6 is 48.8 Å². The second-order valence-corrected chi connectivity index (χ2v) is 6.35. The molecule has 0 fully saturated rings. The van der Waals surface area contributed by atoms with Crippen LogP contribution in [-0.2, 0) is 0 Å². The first-order chi connectivity index (χ1) is 10.3. The summed E-state index contributed by atoms with van der Waals surface area (Å²) in [6, 6.07) is 8.11. The molecule has 0 aliphatic rings. The van der Waals surface area contributed by atoms with Gasteiger partial charge in [-0.15, -0.1) is 11.3 Å². The van der Waals surface area contributed by atoms with E-state index in [1.54, 1.807) is 16.2 Å². The van der Waals surface area contributed by atoms with Crippen LogP contribution in [0, 0.1) is 3.95 Å². The first-order valence-corrected chi connectivity index (χ1v) is 8.47. The van der Waals surface area contributed by atoms with Crippen molar-refractivity contribution >= 4 is 69.5 Å². The maximum atomic E-state index is 10.4. The molecule has 0 saturated heterocycles. The number of para-hydroxylation sites is 1. The number of aromatic amines is 1. The Morgan fingerprint density at radius 3 is 2.13 bits per heavy atom. The topological polar surface area (TPSA) is 79.2 Å². The van der Waals surface area contributed by atoms with Crippen molar-refractivity contribution in [1.29, 1.82) is 0 Å². The number of hydrogen-bond acceptors (Lipinski definition) is 4. The predicted octanol–water partition coefficient (Wildman–Crippen LogP) is 1.45. The van der Waals surface area contributed by atoms with Gasteiger partial charge >= 0.3 is 29.6 Å². The molecule has 0 saturated carbocycles. The van der Waals surface area contributed by atoms with E-state index >= 15 is 0 Å². The minimum atomic E-state index is -0.639. The van der Waals surface area contributed by atoms with Crippen molar-refractivity contribution in [3.8, 4) is 0 Å². The second-order valence-electron chi connectivity index (χ2n) is 3.80. The molecule has 124 valence electrons. The van der Waals surface area contributed by atoms with Gasteiger partial charge in [0, 0.05) is 13.1 Å². The van der Waals surface area contributed by atoms with Gasteiger partial charge in [0.15, 0.2) is 3.95 Å². The van der Waals surface area contributed by atoms with Crippen molar-refractivity contribution in [2.75, 3.05) is 13.1 Å². The maximum Gasteiger partial charge on any atom is 1.00 e. The summed E-state index contributed by atoms with van der Waals surface area (Å²) in [5.74, 6) is 0. The molecule has 10 heteroatoms. The van der Waals surface area contributed by atoms with Crippen LogP contribution in [0.5, 0.6) is 0 Å². The van der Waals surface area contributed by atoms with Gasteiger partial charge in [-0.1, -0.05) is 37.4 Å². The summed E-state index contributed by atoms with van der Waals surface area (Å²) in [6.45, 7) is 5.35. The van der Waals surface area contributed by atoms with E-state index in [4.69, 9.17) is 17.0 Å². The Labute approximate surface area is 179 Å². The minimum Gasteiger partial charge on any atom is -1.00 e. The van der Waals surface area contributed by atoms with Gasteiger partial charge in [-0.3, -0.25) is 9.59 Å². The third kappa shape index (κ3) is 12.0. The van der Waals surface area contributed by atoms with E-state index in [0.717, 1.165) is 22.6 Å². The average Bonchev–Trinajstić information content (AvgIpc) is 2.79. The number of carbonyl (C=O) groups excluding carboxylic acids is 2. The summed E-state index contributed by atoms with van der Waals surface area (Å²) in [5.41, 5.74) is 5.47. The summed E-state index contributed by atoms with van der Waals surface area (Å²) >= 11 is 13.3. The maximum absolute atomic E-state index is 10.4. The Bertz CT molecular complexity index is 622. The molecular weight excluding hydrogens is 381 g/mol. The number of fused-ring (bicyclic) bond motifs is 1. The van der Waals surface area contributed by atoms with Gasteiger partial charge in [0.25, 0.3) is 10.5 Å². The Kier molecular flexibility index (Phi) is 15.7. The molecule has 2 rings (SSSR count). The number of carbonyl (C=O) groups is 2. The third-order valence-corrected chi connectivity index (χ3v) is 3.86. The molecule has 2 aromatic rings. The molecule has 0 spiro atoms. The number of benzene rings is 1. The van der Waals surface area contributed by atoms with Crippen LogP contribution in [-0.4, -0.2) is 33.5 Å². The van der Waals surface area contributed by atoms with Crippen LogP contribution in [0.15, 0.2) is 24.3 Å². The number of nitrogens with one attached hydrogen (secondary N) is 1. The van der Waals surface area contributed by atoms with Gasteiger partial charge < -0.3 is 17.0 Å². The molecule has 23 heavy (non-hydrogen) atoms. The molecule has 0 atom stereocenters. The molecule has 1 heterocycles. The van der Waals surface area contributed by atoms with Crippen molar-refractivity contribution in [1.82, 2.24) is 9.88 Å². The van der Waals surface area contributed by atoms with Crippen molar-refractivity contribution in [3.63, 3.8) is 0 Å². The van der Waals surface area contributed by atoms with Gasteiger partial charge in [-0.2, -0.15) is 0 Å². The van der Waals surface area contributed by atoms with Crippen LogP contribution in [0.2, 0.25) is 0 Å². The quantitative estimate of drug-likeness (QED) is 0.349. The van der Waals surface area contributed by atoms with Gasteiger partial charge in [0.2, 0.25) is 0 Å². The minimum absolute atomic E-state index is 0. The Morgan fingerprint density at radius 2 is 1.78 bits per heavy atom. The van der Waals surface area contributed by atoms with E-state index < -0.39 is 5.24 Å². The van der Waals surface area contributed by atoms with Crippen molar-refractivity contribution in [2.24, 2.45) is 5.73 Å². The molecule has 0 unspecified atom stereocenters. The smallest absolute Gasteiger partial charge is 1.00 e. The van der Waals surface area contributed by atoms with Gasteiger partial charge in [0.05, 0.1) is 10.2 Å². The number of nitrogens with two attached hydrogens (primary N) is 1. The van der Waals surface area contributed by atoms with Crippen molar-refractivity contribution in [3.05, 3.63) is 28.2 Å². The summed E-state index contributed by atoms with van der Waals surface area (Å²) in [4.78, 5) is 24.2. The van der Waals surface area contributed by atoms with E-state index in [1.807, 2.05) is 32.0 Å². The fourth-order valence-electron chi connectivity index (χ4n) is 1.39. The van der Waals surface area contributed by atoms with E-state index in [2.05, 4.69) is 42.0 Å². The molecule has 0 aliphatic heterocycles. The summed E-state index contributed by atoms with van der Waals surface area (Å²) in [6.07, 6.45) is 0. The first kappa shape index (κ1) is 25.2. The Morgan fingerprint density at radius 1 is 1.30 bits per heavy atom. The number of rotatable bonds is 2. The van der Waals surface area contributed by atoms with Crippen LogP contribution in [0.1, 0.15) is 15.3 Å². The van der Waals surface area contributed by atoms with Gasteiger partial charge in [0.1, 0.15) is 0 Å². The first-order valence-electron chi connectivity index (χ1n) is 6.35. The zero-order valence-corrected chi connectivity index (χ0v) is 18.7. The molecule has 5 nitrogen and oxygen atoms in total. The Balaban J connectivity index is -0.000000288. The average molecular weight is 402 g/mol. The Hall–Kier alpha value is -0.0300. The van der Waals surface area contributed by atoms with E-state index in [-0.39, 0.29) is 36.2 Å². The molecular formula is C13H20N3NaO2S4. The van der Waals surface area contributed by atoms with Crippen molar-refractivity contribution < 1.29 is 40.6 Å². The second kappa shape index (κ2) is 14.3. The van der Waals surface area contributed by atoms with E-state index in [1.165, 1.54) is 4.70 Å². The van der Waals surface area contributed by atoms with Crippen LogP contribution in [0.3, 0.4) is 0 Å². The van der Waals surface area contributed by atoms with Crippen LogP contribution < -0.4 is 35.3 Å². The number of thiazole rings is 1. The number of amides is 2. The summed E-state index contributed by atoms with van der Waals surface area (Å²) in [7, 11) is 0. The monoisotopic (exact) mass is 401 g/mol. The van der Waals surface area contributed by atoms with Gasteiger partial charge in [-0.25, -0.2) is 0 Å². The number of hydrogen-bond donors (Lipinski definition) is 4. The largest absolute Gasteiger partial charge is 1.00 e. The van der Waals surface area contributed by atoms with Gasteiger partial charge in [-0.05, 0) is 38.2 Å². The zero-order valence-electron chi connectivity index (χ0n) is 14.3. The van der Waals surface area contributed by atoms with E-state index in [0.29, 0.717) is 0 Å². The number of nitrogens with zero attached hydrogens (tertiary/aromatic N) is 1. The molecule has 1 aromatic heterocycles. The molecule has 1 aromatic carbocycles. The molecule has 3 N–H and O–H groups in total. The van der Waals surface area contributed by atoms with Crippen LogP contribution in [0.25, 0.3) is 10.2 Å². The number of H-pyrrole nitrogens is 1. The fourth-order valence-corrected chi connectivity index (χ4v) is 2.79. The molecule has 2 amide bonds. The molecule has 0 bridgehead atoms. The third-order valence-electron chi connectivity index (χ3n) is 2.36. The number of thiol groups is 2. The van der Waals surface area contributed by atoms with Crippen molar-refractivity contribution in [2.45, 2.75) is 13.8 Å². The summed E-state index contributed by atoms with van der Waals surface area (Å²) < 4.78 is 2.08. The SMILES string of the molecule is CCN(CC)C(=O)S.NC(=O)S.S=c1[nH]c2ccccc2s1.[H-].[Na+]. The van der Waals surface area contributed by atoms with E-state index in [9.17, 15) is 4.79 Å². The van der Waals surface area contributed by atoms with Crippen LogP contribution in [0.4, 0.5) is 9.59 Å². The molecule has 0 radical (unpaired) electrons. The number of primary amides is 1. The zero-order chi connectivity index (χ0) is 17.1. The summed E-state index contributed by atoms with van der Waals surface area (Å²) in [5, 5.41) is -0.782. The number of aromatic nitrogens is 1.